The quantitative estimate of drug-likeness (QED) is 0.318. The van der Waals surface area contributed by atoms with Crippen LogP contribution in [0, 0.1) is 6.92 Å². The highest BCUT2D eigenvalue weighted by Crippen LogP contribution is 2.05. The average molecular weight is 203 g/mol. The second kappa shape index (κ2) is 6.02. The molecule has 0 radical (unpaired) electrons. The zero-order chi connectivity index (χ0) is 11.1. The molecule has 0 spiro atoms. The van der Waals surface area contributed by atoms with E-state index >= 15 is 0 Å². The molecule has 1 aromatic rings. The lowest BCUT2D eigenvalue weighted by molar-refractivity contribution is 0.174. The molecule has 0 aromatic heterocycles. The van der Waals surface area contributed by atoms with Gasteiger partial charge in [0.25, 0.3) is 0 Å². The SMILES string of the molecule is CC=CCON=C(C)c1cccc(C)c1. The molecule has 0 heterocycles. The minimum absolute atomic E-state index is 0.527. The van der Waals surface area contributed by atoms with E-state index in [4.69, 9.17) is 4.84 Å². The van der Waals surface area contributed by atoms with Crippen molar-refractivity contribution < 1.29 is 4.84 Å². The molecule has 15 heavy (non-hydrogen) atoms. The summed E-state index contributed by atoms with van der Waals surface area (Å²) in [6.45, 7) is 6.50. The number of allylic oxidation sites excluding steroid dienone is 1. The van der Waals surface area contributed by atoms with E-state index in [2.05, 4.69) is 24.2 Å². The second-order valence-corrected chi connectivity index (χ2v) is 3.41. The number of benzene rings is 1. The second-order valence-electron chi connectivity index (χ2n) is 3.41. The molecule has 80 valence electrons. The molecule has 0 aliphatic rings. The highest BCUT2D eigenvalue weighted by atomic mass is 16.6. The van der Waals surface area contributed by atoms with Crippen molar-refractivity contribution in [1.29, 1.82) is 0 Å². The monoisotopic (exact) mass is 203 g/mol. The van der Waals surface area contributed by atoms with E-state index in [0.717, 1.165) is 11.3 Å². The zero-order valence-electron chi connectivity index (χ0n) is 9.53. The van der Waals surface area contributed by atoms with Crippen LogP contribution in [-0.2, 0) is 4.84 Å². The molecule has 0 aliphatic carbocycles. The normalized spacial score (nSPS) is 12.1. The van der Waals surface area contributed by atoms with Crippen LogP contribution in [0.15, 0.2) is 41.6 Å². The molecule has 0 atom stereocenters. The number of hydrogen-bond acceptors (Lipinski definition) is 2. The standard InChI is InChI=1S/C13H17NO/c1-4-5-9-15-14-12(3)13-8-6-7-11(2)10-13/h4-8,10H,9H2,1-3H3. The van der Waals surface area contributed by atoms with E-state index in [-0.39, 0.29) is 0 Å². The Hall–Kier alpha value is -1.57. The van der Waals surface area contributed by atoms with Gasteiger partial charge in [-0.05, 0) is 32.4 Å². The maximum Gasteiger partial charge on any atom is 0.135 e. The van der Waals surface area contributed by atoms with Crippen LogP contribution in [0.25, 0.3) is 0 Å². The van der Waals surface area contributed by atoms with Gasteiger partial charge in [-0.15, -0.1) is 0 Å². The van der Waals surface area contributed by atoms with Gasteiger partial charge in [0.2, 0.25) is 0 Å². The third kappa shape index (κ3) is 3.98. The van der Waals surface area contributed by atoms with Crippen molar-refractivity contribution >= 4 is 5.71 Å². The summed E-state index contributed by atoms with van der Waals surface area (Å²) in [7, 11) is 0. The molecular weight excluding hydrogens is 186 g/mol. The fourth-order valence-corrected chi connectivity index (χ4v) is 1.20. The van der Waals surface area contributed by atoms with Crippen molar-refractivity contribution in [3.8, 4) is 0 Å². The molecule has 1 aromatic carbocycles. The van der Waals surface area contributed by atoms with Crippen molar-refractivity contribution in [2.24, 2.45) is 5.16 Å². The minimum Gasteiger partial charge on any atom is -0.391 e. The first-order valence-electron chi connectivity index (χ1n) is 5.09. The van der Waals surface area contributed by atoms with Gasteiger partial charge < -0.3 is 4.84 Å². The van der Waals surface area contributed by atoms with E-state index in [0.29, 0.717) is 6.61 Å². The van der Waals surface area contributed by atoms with Crippen LogP contribution in [0.1, 0.15) is 25.0 Å². The molecule has 1 rings (SSSR count). The summed E-state index contributed by atoms with van der Waals surface area (Å²) in [5.41, 5.74) is 3.24. The fraction of sp³-hybridized carbons (Fsp3) is 0.308. The average Bonchev–Trinajstić information content (AvgIpc) is 2.24. The Labute approximate surface area is 91.3 Å². The van der Waals surface area contributed by atoms with Gasteiger partial charge in [0, 0.05) is 0 Å². The summed E-state index contributed by atoms with van der Waals surface area (Å²) in [5, 5.41) is 4.04. The lowest BCUT2D eigenvalue weighted by atomic mass is 10.1. The van der Waals surface area contributed by atoms with Gasteiger partial charge in [-0.1, -0.05) is 41.1 Å². The van der Waals surface area contributed by atoms with E-state index in [1.165, 1.54) is 5.56 Å². The van der Waals surface area contributed by atoms with Crippen LogP contribution < -0.4 is 0 Å². The molecule has 0 unspecified atom stereocenters. The maximum absolute atomic E-state index is 5.13. The van der Waals surface area contributed by atoms with E-state index < -0.39 is 0 Å². The van der Waals surface area contributed by atoms with Crippen molar-refractivity contribution in [3.63, 3.8) is 0 Å². The Kier molecular flexibility index (Phi) is 4.61. The third-order valence-corrected chi connectivity index (χ3v) is 2.04. The molecule has 0 saturated carbocycles. The number of aryl methyl sites for hydroxylation is 1. The summed E-state index contributed by atoms with van der Waals surface area (Å²) in [6, 6.07) is 8.22. The van der Waals surface area contributed by atoms with Gasteiger partial charge in [-0.2, -0.15) is 0 Å². The molecular formula is C13H17NO. The van der Waals surface area contributed by atoms with Gasteiger partial charge in [0.15, 0.2) is 0 Å². The summed E-state index contributed by atoms with van der Waals surface area (Å²) >= 11 is 0. The molecule has 0 aliphatic heterocycles. The van der Waals surface area contributed by atoms with Crippen molar-refractivity contribution in [1.82, 2.24) is 0 Å². The Morgan fingerprint density at radius 3 is 2.93 bits per heavy atom. The van der Waals surface area contributed by atoms with Crippen molar-refractivity contribution in [2.75, 3.05) is 6.61 Å². The van der Waals surface area contributed by atoms with Gasteiger partial charge in [-0.25, -0.2) is 0 Å². The molecule has 0 saturated heterocycles. The molecule has 0 fully saturated rings. The van der Waals surface area contributed by atoms with Crippen LogP contribution in [0.4, 0.5) is 0 Å². The van der Waals surface area contributed by atoms with Crippen LogP contribution in [0.5, 0.6) is 0 Å². The largest absolute Gasteiger partial charge is 0.391 e. The number of oxime groups is 1. The summed E-state index contributed by atoms with van der Waals surface area (Å²) < 4.78 is 0. The van der Waals surface area contributed by atoms with E-state index in [9.17, 15) is 0 Å². The molecule has 0 amide bonds. The minimum atomic E-state index is 0.527. The summed E-state index contributed by atoms with van der Waals surface area (Å²) in [6.07, 6.45) is 3.87. The van der Waals surface area contributed by atoms with Crippen LogP contribution in [0.2, 0.25) is 0 Å². The van der Waals surface area contributed by atoms with Gasteiger partial charge in [-0.3, -0.25) is 0 Å². The predicted molar refractivity (Wildman–Crippen MR) is 64.2 cm³/mol. The van der Waals surface area contributed by atoms with Gasteiger partial charge in [0.05, 0.1) is 5.71 Å². The molecule has 0 N–H and O–H groups in total. The zero-order valence-corrected chi connectivity index (χ0v) is 9.53. The Balaban J connectivity index is 2.63. The first kappa shape index (κ1) is 11.5. The van der Waals surface area contributed by atoms with Gasteiger partial charge >= 0.3 is 0 Å². The molecule has 2 nitrogen and oxygen atoms in total. The Morgan fingerprint density at radius 1 is 1.47 bits per heavy atom. The van der Waals surface area contributed by atoms with Crippen LogP contribution in [-0.4, -0.2) is 12.3 Å². The third-order valence-electron chi connectivity index (χ3n) is 2.04. The number of nitrogens with zero attached hydrogens (tertiary/aromatic N) is 1. The van der Waals surface area contributed by atoms with Crippen molar-refractivity contribution in [3.05, 3.63) is 47.5 Å². The Bertz CT molecular complexity index is 367. The first-order valence-corrected chi connectivity index (χ1v) is 5.09. The molecule has 2 heteroatoms. The van der Waals surface area contributed by atoms with E-state index in [1.54, 1.807) is 0 Å². The Morgan fingerprint density at radius 2 is 2.27 bits per heavy atom. The van der Waals surface area contributed by atoms with Crippen molar-refractivity contribution in [2.45, 2.75) is 20.8 Å². The van der Waals surface area contributed by atoms with E-state index in [1.807, 2.05) is 38.1 Å². The van der Waals surface area contributed by atoms with Gasteiger partial charge in [0.1, 0.15) is 6.61 Å². The maximum atomic E-state index is 5.13. The topological polar surface area (TPSA) is 21.6 Å². The smallest absolute Gasteiger partial charge is 0.135 e. The summed E-state index contributed by atoms with van der Waals surface area (Å²) in [4.78, 5) is 5.13. The number of rotatable bonds is 4. The summed E-state index contributed by atoms with van der Waals surface area (Å²) in [5.74, 6) is 0. The highest BCUT2D eigenvalue weighted by molar-refractivity contribution is 5.98. The van der Waals surface area contributed by atoms with Crippen LogP contribution in [0.3, 0.4) is 0 Å². The first-order chi connectivity index (χ1) is 7.24. The lowest BCUT2D eigenvalue weighted by Gasteiger charge is -2.01. The fourth-order valence-electron chi connectivity index (χ4n) is 1.20. The predicted octanol–water partition coefficient (Wildman–Crippen LogP) is 3.31. The van der Waals surface area contributed by atoms with Crippen LogP contribution >= 0.6 is 0 Å². The number of hydrogen-bond donors (Lipinski definition) is 0. The lowest BCUT2D eigenvalue weighted by Crippen LogP contribution is -1.96. The highest BCUT2D eigenvalue weighted by Gasteiger charge is 1.97. The molecule has 0 bridgehead atoms.